The number of ether oxygens (including phenoxy) is 1. The number of benzene rings is 1. The smallest absolute Gasteiger partial charge is 0.220 e. The van der Waals surface area contributed by atoms with Gasteiger partial charge in [-0.3, -0.25) is 4.79 Å². The fourth-order valence-corrected chi connectivity index (χ4v) is 2.90. The molecule has 3 rings (SSSR count). The van der Waals surface area contributed by atoms with Gasteiger partial charge in [-0.2, -0.15) is 0 Å². The van der Waals surface area contributed by atoms with Crippen LogP contribution in [0.5, 0.6) is 5.75 Å². The van der Waals surface area contributed by atoms with Crippen LogP contribution in [0.25, 0.3) is 0 Å². The van der Waals surface area contributed by atoms with Crippen LogP contribution < -0.4 is 15.4 Å². The summed E-state index contributed by atoms with van der Waals surface area (Å²) in [4.78, 5) is 11.1. The summed E-state index contributed by atoms with van der Waals surface area (Å²) in [6.45, 7) is 2.16. The summed E-state index contributed by atoms with van der Waals surface area (Å²) in [6, 6.07) is 4.27. The minimum atomic E-state index is 0.144. The van der Waals surface area contributed by atoms with Crippen molar-refractivity contribution in [2.75, 3.05) is 13.2 Å². The van der Waals surface area contributed by atoms with E-state index in [1.165, 1.54) is 5.56 Å². The van der Waals surface area contributed by atoms with Crippen LogP contribution in [0.3, 0.4) is 0 Å². The molecule has 2 aliphatic rings. The lowest BCUT2D eigenvalue weighted by atomic mass is 10.1. The molecular formula is C14H17ClN2O2. The molecule has 4 nitrogen and oxygen atoms in total. The summed E-state index contributed by atoms with van der Waals surface area (Å²) < 4.78 is 5.67. The number of amides is 1. The Kier molecular flexibility index (Phi) is 3.62. The van der Waals surface area contributed by atoms with Gasteiger partial charge >= 0.3 is 0 Å². The number of halogens is 1. The highest BCUT2D eigenvalue weighted by molar-refractivity contribution is 6.30. The van der Waals surface area contributed by atoms with Gasteiger partial charge in [0.05, 0.1) is 6.61 Å². The Hall–Kier alpha value is -1.26. The molecule has 1 fully saturated rings. The van der Waals surface area contributed by atoms with Crippen molar-refractivity contribution < 1.29 is 9.53 Å². The Labute approximate surface area is 117 Å². The minimum Gasteiger partial charge on any atom is -0.493 e. The largest absolute Gasteiger partial charge is 0.493 e. The van der Waals surface area contributed by atoms with Crippen molar-refractivity contribution in [3.8, 4) is 5.75 Å². The molecule has 1 atom stereocenters. The van der Waals surface area contributed by atoms with Crippen molar-refractivity contribution in [1.29, 1.82) is 0 Å². The van der Waals surface area contributed by atoms with E-state index in [1.54, 1.807) is 0 Å². The molecule has 0 bridgehead atoms. The third-order valence-corrected chi connectivity index (χ3v) is 3.89. The molecule has 19 heavy (non-hydrogen) atoms. The fraction of sp³-hybridized carbons (Fsp3) is 0.500. The fourth-order valence-electron chi connectivity index (χ4n) is 2.64. The highest BCUT2D eigenvalue weighted by atomic mass is 35.5. The molecule has 2 aliphatic heterocycles. The summed E-state index contributed by atoms with van der Waals surface area (Å²) in [5, 5.41) is 7.10. The zero-order chi connectivity index (χ0) is 13.2. The van der Waals surface area contributed by atoms with E-state index in [0.29, 0.717) is 19.0 Å². The number of rotatable bonds is 3. The second-order valence-corrected chi connectivity index (χ2v) is 5.51. The number of hydrogen-bond acceptors (Lipinski definition) is 3. The summed E-state index contributed by atoms with van der Waals surface area (Å²) in [5.74, 6) is 1.13. The van der Waals surface area contributed by atoms with Crippen molar-refractivity contribution in [3.05, 3.63) is 28.3 Å². The maximum absolute atomic E-state index is 11.1. The van der Waals surface area contributed by atoms with E-state index in [1.807, 2.05) is 12.1 Å². The van der Waals surface area contributed by atoms with Gasteiger partial charge in [-0.05, 0) is 24.1 Å². The number of nitrogens with one attached hydrogen (secondary N) is 2. The molecule has 2 heterocycles. The van der Waals surface area contributed by atoms with Crippen molar-refractivity contribution in [2.45, 2.75) is 31.8 Å². The lowest BCUT2D eigenvalue weighted by Crippen LogP contribution is -2.45. The first kappa shape index (κ1) is 12.8. The minimum absolute atomic E-state index is 0.144. The van der Waals surface area contributed by atoms with Crippen molar-refractivity contribution >= 4 is 17.5 Å². The highest BCUT2D eigenvalue weighted by Gasteiger charge is 2.20. The molecule has 0 radical (unpaired) electrons. The van der Waals surface area contributed by atoms with Crippen molar-refractivity contribution in [2.24, 2.45) is 0 Å². The SMILES string of the molecule is O=C1CCC(NCc2cc(Cl)cc3c2OCC3)CN1. The van der Waals surface area contributed by atoms with Gasteiger partial charge < -0.3 is 15.4 Å². The first-order chi connectivity index (χ1) is 9.22. The first-order valence-corrected chi connectivity index (χ1v) is 7.04. The monoisotopic (exact) mass is 280 g/mol. The molecule has 1 aromatic carbocycles. The summed E-state index contributed by atoms with van der Waals surface area (Å²) in [6.07, 6.45) is 2.42. The summed E-state index contributed by atoms with van der Waals surface area (Å²) >= 11 is 6.13. The molecule has 0 spiro atoms. The molecule has 1 amide bonds. The van der Waals surface area contributed by atoms with E-state index in [4.69, 9.17) is 16.3 Å². The summed E-state index contributed by atoms with van der Waals surface area (Å²) in [5.41, 5.74) is 2.30. The number of carbonyl (C=O) groups excluding carboxylic acids is 1. The molecule has 1 saturated heterocycles. The quantitative estimate of drug-likeness (QED) is 0.885. The number of carbonyl (C=O) groups is 1. The molecule has 0 aliphatic carbocycles. The number of fused-ring (bicyclic) bond motifs is 1. The molecule has 5 heteroatoms. The van der Waals surface area contributed by atoms with Gasteiger partial charge in [-0.15, -0.1) is 0 Å². The van der Waals surface area contributed by atoms with Gasteiger partial charge in [0.1, 0.15) is 5.75 Å². The third kappa shape index (κ3) is 2.85. The van der Waals surface area contributed by atoms with Crippen LogP contribution in [0.1, 0.15) is 24.0 Å². The van der Waals surface area contributed by atoms with Crippen LogP contribution in [0.2, 0.25) is 5.02 Å². The third-order valence-electron chi connectivity index (χ3n) is 3.67. The Morgan fingerprint density at radius 1 is 1.42 bits per heavy atom. The molecule has 0 aromatic heterocycles. The average molecular weight is 281 g/mol. The van der Waals surface area contributed by atoms with E-state index >= 15 is 0 Å². The van der Waals surface area contributed by atoms with Crippen LogP contribution in [0.15, 0.2) is 12.1 Å². The van der Waals surface area contributed by atoms with Gasteiger partial charge in [0.25, 0.3) is 0 Å². The number of piperidine rings is 1. The van der Waals surface area contributed by atoms with Gasteiger partial charge in [0.2, 0.25) is 5.91 Å². The van der Waals surface area contributed by atoms with E-state index < -0.39 is 0 Å². The summed E-state index contributed by atoms with van der Waals surface area (Å²) in [7, 11) is 0. The topological polar surface area (TPSA) is 50.4 Å². The molecule has 1 unspecified atom stereocenters. The first-order valence-electron chi connectivity index (χ1n) is 6.66. The highest BCUT2D eigenvalue weighted by Crippen LogP contribution is 2.32. The Morgan fingerprint density at radius 3 is 3.11 bits per heavy atom. The van der Waals surface area contributed by atoms with Crippen LogP contribution in [-0.2, 0) is 17.8 Å². The Balaban J connectivity index is 1.65. The predicted octanol–water partition coefficient (Wildman–Crippen LogP) is 1.64. The van der Waals surface area contributed by atoms with E-state index in [-0.39, 0.29) is 5.91 Å². The predicted molar refractivity (Wildman–Crippen MR) is 73.5 cm³/mol. The van der Waals surface area contributed by atoms with Gasteiger partial charge in [-0.1, -0.05) is 11.6 Å². The van der Waals surface area contributed by atoms with Crippen LogP contribution in [-0.4, -0.2) is 25.1 Å². The van der Waals surface area contributed by atoms with Crippen LogP contribution >= 0.6 is 11.6 Å². The van der Waals surface area contributed by atoms with Crippen molar-refractivity contribution in [3.63, 3.8) is 0 Å². The number of hydrogen-bond donors (Lipinski definition) is 2. The zero-order valence-electron chi connectivity index (χ0n) is 10.7. The Morgan fingerprint density at radius 2 is 2.32 bits per heavy atom. The Bertz CT molecular complexity index is 494. The molecule has 2 N–H and O–H groups in total. The zero-order valence-corrected chi connectivity index (χ0v) is 11.4. The van der Waals surface area contributed by atoms with E-state index in [9.17, 15) is 4.79 Å². The second-order valence-electron chi connectivity index (χ2n) is 5.07. The van der Waals surface area contributed by atoms with Gasteiger partial charge in [0, 0.05) is 42.6 Å². The van der Waals surface area contributed by atoms with E-state index in [0.717, 1.165) is 42.3 Å². The van der Waals surface area contributed by atoms with Gasteiger partial charge in [-0.25, -0.2) is 0 Å². The van der Waals surface area contributed by atoms with Crippen LogP contribution in [0, 0.1) is 0 Å². The molecule has 0 saturated carbocycles. The average Bonchev–Trinajstić information content (AvgIpc) is 2.85. The normalized spacial score (nSPS) is 21.7. The molecule has 102 valence electrons. The lowest BCUT2D eigenvalue weighted by Gasteiger charge is -2.24. The maximum Gasteiger partial charge on any atom is 0.220 e. The van der Waals surface area contributed by atoms with Crippen LogP contribution in [0.4, 0.5) is 0 Å². The maximum atomic E-state index is 11.1. The van der Waals surface area contributed by atoms with Crippen molar-refractivity contribution in [1.82, 2.24) is 10.6 Å². The van der Waals surface area contributed by atoms with Gasteiger partial charge in [0.15, 0.2) is 0 Å². The van der Waals surface area contributed by atoms with E-state index in [2.05, 4.69) is 10.6 Å². The molecule has 1 aromatic rings. The lowest BCUT2D eigenvalue weighted by molar-refractivity contribution is -0.122. The second kappa shape index (κ2) is 5.39. The molecular weight excluding hydrogens is 264 g/mol. The standard InChI is InChI=1S/C14H17ClN2O2/c15-11-5-9-3-4-19-14(9)10(6-11)7-16-12-1-2-13(18)17-8-12/h5-6,12,16H,1-4,7-8H2,(H,17,18).